The minimum absolute atomic E-state index is 0.822. The number of benzene rings is 1. The first-order valence-electron chi connectivity index (χ1n) is 2.85. The van der Waals surface area contributed by atoms with Crippen LogP contribution in [0.15, 0.2) is 30.3 Å². The van der Waals surface area contributed by atoms with Crippen LogP contribution in [0.4, 0.5) is 5.69 Å². The zero-order valence-corrected chi connectivity index (χ0v) is 9.10. The number of para-hydroxylation sites is 1. The van der Waals surface area contributed by atoms with Gasteiger partial charge in [0.15, 0.2) is 0 Å². The summed E-state index contributed by atoms with van der Waals surface area (Å²) in [6.45, 7) is -1.72. The van der Waals surface area contributed by atoms with Gasteiger partial charge >= 0.3 is 6.73 Å². The van der Waals surface area contributed by atoms with E-state index in [1.54, 1.807) is 0 Å². The maximum Gasteiger partial charge on any atom is 0.326 e. The number of hydrogen-bond donors (Lipinski definition) is 1. The molecule has 0 unspecified atom stereocenters. The summed E-state index contributed by atoms with van der Waals surface area (Å²) in [5, 5.41) is 0. The molecule has 0 amide bonds. The normalized spacial score (nSPS) is 8.73. The van der Waals surface area contributed by atoms with Gasteiger partial charge in [0, 0.05) is 5.69 Å². The Hall–Kier alpha value is 0.107. The molecule has 11 heavy (non-hydrogen) atoms. The van der Waals surface area contributed by atoms with Crippen molar-refractivity contribution in [3.8, 4) is 0 Å². The van der Waals surface area contributed by atoms with Crippen LogP contribution in [0.25, 0.3) is 0 Å². The lowest BCUT2D eigenvalue weighted by molar-refractivity contribution is 1.69. The van der Waals surface area contributed by atoms with E-state index in [1.807, 2.05) is 30.3 Å². The Morgan fingerprint density at radius 3 is 1.55 bits per heavy atom. The molecule has 0 bridgehead atoms. The highest BCUT2D eigenvalue weighted by atomic mass is 35.8. The van der Waals surface area contributed by atoms with Crippen molar-refractivity contribution in [1.82, 2.24) is 0 Å². The van der Waals surface area contributed by atoms with Crippen molar-refractivity contribution in [3.63, 3.8) is 0 Å². The van der Waals surface area contributed by atoms with Crippen molar-refractivity contribution < 1.29 is 0 Å². The Labute approximate surface area is 81.8 Å². The summed E-state index contributed by atoms with van der Waals surface area (Å²) >= 11 is 14.8. The van der Waals surface area contributed by atoms with Gasteiger partial charge in [0.2, 0.25) is 0 Å². The summed E-state index contributed by atoms with van der Waals surface area (Å²) in [6, 6.07) is 9.49. The van der Waals surface area contributed by atoms with Gasteiger partial charge in [-0.15, -0.1) is 33.2 Å². The summed E-state index contributed by atoms with van der Waals surface area (Å²) in [5.74, 6) is 0. The van der Waals surface area contributed by atoms with E-state index in [0.29, 0.717) is 0 Å². The fraction of sp³-hybridized carbons (Fsp3) is 0. The first-order chi connectivity index (χ1) is 5.13. The third kappa shape index (κ3) is 10.1. The summed E-state index contributed by atoms with van der Waals surface area (Å²) < 4.78 is 0. The van der Waals surface area contributed by atoms with Crippen molar-refractivity contribution in [2.75, 3.05) is 5.73 Å². The summed E-state index contributed by atoms with van der Waals surface area (Å²) in [6.07, 6.45) is 0. The zero-order valence-electron chi connectivity index (χ0n) is 5.68. The van der Waals surface area contributed by atoms with Crippen LogP contribution < -0.4 is 5.73 Å². The van der Waals surface area contributed by atoms with Gasteiger partial charge in [0.05, 0.1) is 0 Å². The average Bonchev–Trinajstić information content (AvgIpc) is 1.87. The van der Waals surface area contributed by atoms with Crippen LogP contribution in [0.2, 0.25) is 0 Å². The number of rotatable bonds is 0. The molecule has 62 valence electrons. The topological polar surface area (TPSA) is 26.0 Å². The molecule has 1 aromatic rings. The van der Waals surface area contributed by atoms with Gasteiger partial charge in [-0.3, -0.25) is 0 Å². The van der Waals surface area contributed by atoms with Gasteiger partial charge in [0.25, 0.3) is 0 Å². The van der Waals surface area contributed by atoms with Gasteiger partial charge in [-0.05, 0) is 12.1 Å². The molecule has 0 radical (unpaired) electrons. The van der Waals surface area contributed by atoms with Crippen molar-refractivity contribution in [2.24, 2.45) is 0 Å². The molecular weight excluding hydrogens is 221 g/mol. The molecule has 0 aromatic heterocycles. The molecule has 1 nitrogen and oxygen atoms in total. The van der Waals surface area contributed by atoms with Gasteiger partial charge in [0.1, 0.15) is 0 Å². The van der Waals surface area contributed by atoms with Gasteiger partial charge in [-0.25, -0.2) is 0 Å². The summed E-state index contributed by atoms with van der Waals surface area (Å²) in [5.41, 5.74) is 6.18. The Kier molecular flexibility index (Phi) is 6.86. The SMILES string of the molecule is Cl[SiH](Cl)Cl.Nc1ccccc1. The number of halogens is 3. The van der Waals surface area contributed by atoms with Gasteiger partial charge in [-0.1, -0.05) is 18.2 Å². The Bertz CT molecular complexity index is 178. The molecule has 0 atom stereocenters. The molecule has 0 spiro atoms. The first kappa shape index (κ1) is 11.1. The monoisotopic (exact) mass is 227 g/mol. The molecule has 0 saturated carbocycles. The molecule has 0 aliphatic heterocycles. The standard InChI is InChI=1S/C6H7N.Cl3HSi/c7-6-4-2-1-3-5-6;1-4(2)3/h1-5H,7H2;4H. The maximum absolute atomic E-state index is 5.36. The summed E-state index contributed by atoms with van der Waals surface area (Å²) in [4.78, 5) is 0. The number of hydrogen-bond acceptors (Lipinski definition) is 1. The molecule has 0 aliphatic carbocycles. The lowest BCUT2D eigenvalue weighted by Crippen LogP contribution is -1.79. The molecule has 0 saturated heterocycles. The van der Waals surface area contributed by atoms with Gasteiger partial charge < -0.3 is 5.73 Å². The molecular formula is C6H8Cl3NSi. The molecule has 0 aliphatic rings. The quantitative estimate of drug-likeness (QED) is 0.412. The lowest BCUT2D eigenvalue weighted by atomic mass is 10.3. The van der Waals surface area contributed by atoms with E-state index < -0.39 is 6.73 Å². The predicted molar refractivity (Wildman–Crippen MR) is 55.6 cm³/mol. The smallest absolute Gasteiger partial charge is 0.326 e. The van der Waals surface area contributed by atoms with Crippen LogP contribution in [0, 0.1) is 0 Å². The highest BCUT2D eigenvalue weighted by molar-refractivity contribution is 7.54. The van der Waals surface area contributed by atoms with E-state index in [4.69, 9.17) is 39.0 Å². The van der Waals surface area contributed by atoms with E-state index in [0.717, 1.165) is 5.69 Å². The van der Waals surface area contributed by atoms with Crippen LogP contribution >= 0.6 is 33.2 Å². The van der Waals surface area contributed by atoms with Crippen LogP contribution in [-0.4, -0.2) is 6.73 Å². The van der Waals surface area contributed by atoms with E-state index in [2.05, 4.69) is 0 Å². The van der Waals surface area contributed by atoms with E-state index >= 15 is 0 Å². The summed E-state index contributed by atoms with van der Waals surface area (Å²) in [7, 11) is 0. The third-order valence-electron chi connectivity index (χ3n) is 0.800. The maximum atomic E-state index is 5.36. The Balaban J connectivity index is 0.000000218. The second-order valence-electron chi connectivity index (χ2n) is 1.66. The predicted octanol–water partition coefficient (Wildman–Crippen LogP) is 2.69. The van der Waals surface area contributed by atoms with Crippen molar-refractivity contribution in [1.29, 1.82) is 0 Å². The number of nitrogens with two attached hydrogens (primary N) is 1. The van der Waals surface area contributed by atoms with Crippen LogP contribution in [0.3, 0.4) is 0 Å². The third-order valence-corrected chi connectivity index (χ3v) is 0.800. The Morgan fingerprint density at radius 2 is 1.36 bits per heavy atom. The van der Waals surface area contributed by atoms with E-state index in [1.165, 1.54) is 0 Å². The molecule has 1 aromatic carbocycles. The highest BCUT2D eigenvalue weighted by Gasteiger charge is 1.85. The molecule has 5 heteroatoms. The van der Waals surface area contributed by atoms with E-state index in [9.17, 15) is 0 Å². The zero-order chi connectivity index (χ0) is 8.69. The largest absolute Gasteiger partial charge is 0.399 e. The molecule has 0 fully saturated rings. The second kappa shape index (κ2) is 6.79. The Morgan fingerprint density at radius 1 is 1.00 bits per heavy atom. The highest BCUT2D eigenvalue weighted by Crippen LogP contribution is 1.97. The van der Waals surface area contributed by atoms with Crippen LogP contribution in [0.1, 0.15) is 0 Å². The minimum atomic E-state index is -1.72. The van der Waals surface area contributed by atoms with Crippen LogP contribution in [0.5, 0.6) is 0 Å². The van der Waals surface area contributed by atoms with E-state index in [-0.39, 0.29) is 0 Å². The molecule has 1 rings (SSSR count). The second-order valence-corrected chi connectivity index (χ2v) is 8.09. The van der Waals surface area contributed by atoms with Gasteiger partial charge in [-0.2, -0.15) is 0 Å². The number of anilines is 1. The molecule has 0 heterocycles. The van der Waals surface area contributed by atoms with Crippen LogP contribution in [-0.2, 0) is 0 Å². The minimum Gasteiger partial charge on any atom is -0.399 e. The number of nitrogen functional groups attached to an aromatic ring is 1. The van der Waals surface area contributed by atoms with Crippen molar-refractivity contribution >= 4 is 45.7 Å². The van der Waals surface area contributed by atoms with Crippen molar-refractivity contribution in [3.05, 3.63) is 30.3 Å². The average molecular weight is 229 g/mol. The lowest BCUT2D eigenvalue weighted by Gasteiger charge is -1.83. The fourth-order valence-corrected chi connectivity index (χ4v) is 0.453. The fourth-order valence-electron chi connectivity index (χ4n) is 0.453. The molecule has 2 N–H and O–H groups in total. The first-order valence-corrected chi connectivity index (χ1v) is 8.09. The van der Waals surface area contributed by atoms with Crippen molar-refractivity contribution in [2.45, 2.75) is 0 Å².